The number of hydrogen-bond donors (Lipinski definition) is 2. The lowest BCUT2D eigenvalue weighted by atomic mass is 10.1. The largest absolute Gasteiger partial charge is 0.416 e. The number of rotatable bonds is 5. The van der Waals surface area contributed by atoms with Crippen LogP contribution in [0, 0.1) is 6.92 Å². The van der Waals surface area contributed by atoms with E-state index in [0.29, 0.717) is 6.42 Å². The quantitative estimate of drug-likeness (QED) is 0.879. The van der Waals surface area contributed by atoms with Gasteiger partial charge in [0.2, 0.25) is 5.91 Å². The summed E-state index contributed by atoms with van der Waals surface area (Å²) in [5.41, 5.74) is 5.12. The highest BCUT2D eigenvalue weighted by atomic mass is 32.2. The molecule has 0 heterocycles. The SMILES string of the molecule is CSCC[C@H](N)C(=O)Nc1ccc(C)c(C(F)(F)F)c1. The Bertz CT molecular complexity index is 477. The molecule has 1 aromatic rings. The normalized spacial score (nSPS) is 13.1. The number of carbonyl (C=O) groups is 1. The zero-order chi connectivity index (χ0) is 15.3. The van der Waals surface area contributed by atoms with Crippen LogP contribution in [0.3, 0.4) is 0 Å². The van der Waals surface area contributed by atoms with Crippen LogP contribution >= 0.6 is 11.8 Å². The number of thioether (sulfide) groups is 1. The van der Waals surface area contributed by atoms with E-state index in [1.807, 2.05) is 6.26 Å². The van der Waals surface area contributed by atoms with Gasteiger partial charge in [-0.3, -0.25) is 4.79 Å². The first-order valence-electron chi connectivity index (χ1n) is 5.99. The summed E-state index contributed by atoms with van der Waals surface area (Å²) < 4.78 is 38.3. The first-order valence-corrected chi connectivity index (χ1v) is 7.38. The van der Waals surface area contributed by atoms with Crippen LogP contribution in [0.4, 0.5) is 18.9 Å². The van der Waals surface area contributed by atoms with Crippen LogP contribution in [0.1, 0.15) is 17.5 Å². The average Bonchev–Trinajstić information content (AvgIpc) is 2.36. The highest BCUT2D eigenvalue weighted by molar-refractivity contribution is 7.98. The molecule has 1 aromatic carbocycles. The smallest absolute Gasteiger partial charge is 0.325 e. The molecule has 0 saturated heterocycles. The molecule has 3 N–H and O–H groups in total. The molecule has 0 fully saturated rings. The number of anilines is 1. The van der Waals surface area contributed by atoms with Gasteiger partial charge in [-0.1, -0.05) is 6.07 Å². The van der Waals surface area contributed by atoms with E-state index in [1.165, 1.54) is 19.1 Å². The minimum atomic E-state index is -4.44. The fourth-order valence-corrected chi connectivity index (χ4v) is 2.11. The second-order valence-electron chi connectivity index (χ2n) is 4.40. The Morgan fingerprint density at radius 2 is 2.10 bits per heavy atom. The zero-order valence-electron chi connectivity index (χ0n) is 11.3. The highest BCUT2D eigenvalue weighted by Crippen LogP contribution is 2.33. The summed E-state index contributed by atoms with van der Waals surface area (Å²) in [5.74, 6) is 0.243. The predicted molar refractivity (Wildman–Crippen MR) is 75.8 cm³/mol. The molecular weight excluding hydrogens is 289 g/mol. The number of nitrogens with one attached hydrogen (secondary N) is 1. The van der Waals surface area contributed by atoms with Crippen LogP contribution in [-0.2, 0) is 11.0 Å². The van der Waals surface area contributed by atoms with E-state index in [4.69, 9.17) is 5.73 Å². The van der Waals surface area contributed by atoms with Crippen molar-refractivity contribution in [3.8, 4) is 0 Å². The van der Waals surface area contributed by atoms with Crippen molar-refractivity contribution in [2.24, 2.45) is 5.73 Å². The Kier molecular flexibility index (Phi) is 5.88. The molecule has 0 aliphatic rings. The monoisotopic (exact) mass is 306 g/mol. The molecule has 0 unspecified atom stereocenters. The van der Waals surface area contributed by atoms with Crippen LogP contribution in [0.25, 0.3) is 0 Å². The molecule has 0 saturated carbocycles. The molecule has 112 valence electrons. The topological polar surface area (TPSA) is 55.1 Å². The third-order valence-electron chi connectivity index (χ3n) is 2.78. The molecule has 1 amide bonds. The van der Waals surface area contributed by atoms with Crippen molar-refractivity contribution in [1.82, 2.24) is 0 Å². The standard InChI is InChI=1S/C13H17F3N2OS/c1-8-3-4-9(7-10(8)13(14,15)16)18-12(19)11(17)5-6-20-2/h3-4,7,11H,5-6,17H2,1-2H3,(H,18,19)/t11-/m0/s1. The van der Waals surface area contributed by atoms with E-state index in [2.05, 4.69) is 5.32 Å². The molecule has 0 aromatic heterocycles. The van der Waals surface area contributed by atoms with Gasteiger partial charge in [0, 0.05) is 5.69 Å². The lowest BCUT2D eigenvalue weighted by Gasteiger charge is -2.15. The Morgan fingerprint density at radius 1 is 1.45 bits per heavy atom. The van der Waals surface area contributed by atoms with E-state index in [-0.39, 0.29) is 11.3 Å². The number of hydrogen-bond acceptors (Lipinski definition) is 3. The maximum Gasteiger partial charge on any atom is 0.416 e. The highest BCUT2D eigenvalue weighted by Gasteiger charge is 2.32. The summed E-state index contributed by atoms with van der Waals surface area (Å²) in [6, 6.07) is 2.96. The van der Waals surface area contributed by atoms with Gasteiger partial charge in [-0.05, 0) is 43.0 Å². The Balaban J connectivity index is 2.81. The van der Waals surface area contributed by atoms with Crippen LogP contribution in [-0.4, -0.2) is 24.0 Å². The van der Waals surface area contributed by atoms with Gasteiger partial charge in [0.25, 0.3) is 0 Å². The second kappa shape index (κ2) is 6.99. The van der Waals surface area contributed by atoms with E-state index in [0.717, 1.165) is 11.8 Å². The number of aryl methyl sites for hydroxylation is 1. The summed E-state index contributed by atoms with van der Waals surface area (Å²) >= 11 is 1.55. The van der Waals surface area contributed by atoms with Crippen LogP contribution < -0.4 is 11.1 Å². The van der Waals surface area contributed by atoms with E-state index < -0.39 is 23.7 Å². The first-order chi connectivity index (χ1) is 9.25. The van der Waals surface area contributed by atoms with Gasteiger partial charge in [-0.2, -0.15) is 24.9 Å². The lowest BCUT2D eigenvalue weighted by Crippen LogP contribution is -2.36. The van der Waals surface area contributed by atoms with Crippen LogP contribution in [0.2, 0.25) is 0 Å². The molecule has 1 atom stereocenters. The molecule has 3 nitrogen and oxygen atoms in total. The molecule has 0 spiro atoms. The molecule has 0 bridgehead atoms. The minimum absolute atomic E-state index is 0.104. The Hall–Kier alpha value is -1.21. The van der Waals surface area contributed by atoms with Gasteiger partial charge in [0.15, 0.2) is 0 Å². The number of halogens is 3. The molecular formula is C13H17F3N2OS. The van der Waals surface area contributed by atoms with Crippen molar-refractivity contribution < 1.29 is 18.0 Å². The Morgan fingerprint density at radius 3 is 2.65 bits per heavy atom. The zero-order valence-corrected chi connectivity index (χ0v) is 12.1. The van der Waals surface area contributed by atoms with Gasteiger partial charge in [-0.15, -0.1) is 0 Å². The maximum atomic E-state index is 12.8. The number of carbonyl (C=O) groups excluding carboxylic acids is 1. The van der Waals surface area contributed by atoms with Crippen molar-refractivity contribution in [2.75, 3.05) is 17.3 Å². The van der Waals surface area contributed by atoms with E-state index in [1.54, 1.807) is 11.8 Å². The van der Waals surface area contributed by atoms with Crippen molar-refractivity contribution in [1.29, 1.82) is 0 Å². The van der Waals surface area contributed by atoms with E-state index in [9.17, 15) is 18.0 Å². The third kappa shape index (κ3) is 4.72. The molecule has 0 radical (unpaired) electrons. The third-order valence-corrected chi connectivity index (χ3v) is 3.42. The van der Waals surface area contributed by atoms with Gasteiger partial charge >= 0.3 is 6.18 Å². The van der Waals surface area contributed by atoms with Gasteiger partial charge in [0.05, 0.1) is 11.6 Å². The molecule has 0 aliphatic carbocycles. The van der Waals surface area contributed by atoms with Gasteiger partial charge < -0.3 is 11.1 Å². The van der Waals surface area contributed by atoms with E-state index >= 15 is 0 Å². The van der Waals surface area contributed by atoms with Crippen molar-refractivity contribution in [2.45, 2.75) is 25.6 Å². The lowest BCUT2D eigenvalue weighted by molar-refractivity contribution is -0.138. The number of amides is 1. The van der Waals surface area contributed by atoms with Crippen LogP contribution in [0.15, 0.2) is 18.2 Å². The molecule has 20 heavy (non-hydrogen) atoms. The first kappa shape index (κ1) is 16.8. The molecule has 7 heteroatoms. The fourth-order valence-electron chi connectivity index (χ4n) is 1.62. The molecule has 0 aliphatic heterocycles. The van der Waals surface area contributed by atoms with Crippen molar-refractivity contribution in [3.05, 3.63) is 29.3 Å². The number of benzene rings is 1. The fraction of sp³-hybridized carbons (Fsp3) is 0.462. The number of alkyl halides is 3. The minimum Gasteiger partial charge on any atom is -0.325 e. The summed E-state index contributed by atoms with van der Waals surface area (Å²) in [6.07, 6.45) is -2.07. The molecule has 1 rings (SSSR count). The average molecular weight is 306 g/mol. The second-order valence-corrected chi connectivity index (χ2v) is 5.39. The summed E-state index contributed by atoms with van der Waals surface area (Å²) in [7, 11) is 0. The van der Waals surface area contributed by atoms with Gasteiger partial charge in [-0.25, -0.2) is 0 Å². The number of nitrogens with two attached hydrogens (primary N) is 1. The Labute approximate surface area is 120 Å². The van der Waals surface area contributed by atoms with Crippen LogP contribution in [0.5, 0.6) is 0 Å². The maximum absolute atomic E-state index is 12.8. The van der Waals surface area contributed by atoms with Crippen molar-refractivity contribution >= 4 is 23.4 Å². The predicted octanol–water partition coefficient (Wildman–Crippen LogP) is 3.03. The van der Waals surface area contributed by atoms with Crippen molar-refractivity contribution in [3.63, 3.8) is 0 Å². The summed E-state index contributed by atoms with van der Waals surface area (Å²) in [6.45, 7) is 1.37. The summed E-state index contributed by atoms with van der Waals surface area (Å²) in [4.78, 5) is 11.7. The van der Waals surface area contributed by atoms with Gasteiger partial charge in [0.1, 0.15) is 0 Å². The summed E-state index contributed by atoms with van der Waals surface area (Å²) in [5, 5.41) is 2.42.